The second-order valence-corrected chi connectivity index (χ2v) is 9.25. The molecule has 1 amide bonds. The quantitative estimate of drug-likeness (QED) is 0.389. The molecule has 4 aromatic rings. The van der Waals surface area contributed by atoms with Gasteiger partial charge >= 0.3 is 0 Å². The molecule has 0 unspecified atom stereocenters. The highest BCUT2D eigenvalue weighted by atomic mass is 32.2. The number of anilines is 1. The van der Waals surface area contributed by atoms with E-state index in [9.17, 15) is 18.3 Å². The summed E-state index contributed by atoms with van der Waals surface area (Å²) in [5.74, 6) is -0.703. The van der Waals surface area contributed by atoms with Gasteiger partial charge in [-0.25, -0.2) is 0 Å². The van der Waals surface area contributed by atoms with Crippen molar-refractivity contribution in [3.05, 3.63) is 83.9 Å². The number of fused-ring (bicyclic) bond motifs is 1. The van der Waals surface area contributed by atoms with Crippen LogP contribution in [-0.2, 0) is 21.4 Å². The van der Waals surface area contributed by atoms with E-state index in [0.29, 0.717) is 16.6 Å². The van der Waals surface area contributed by atoms with Gasteiger partial charge in [-0.05, 0) is 49.7 Å². The van der Waals surface area contributed by atoms with Crippen LogP contribution in [0.15, 0.2) is 87.3 Å². The Balaban J connectivity index is 1.66. The minimum absolute atomic E-state index is 0.00221. The third-order valence-corrected chi connectivity index (χ3v) is 6.25. The van der Waals surface area contributed by atoms with E-state index in [0.717, 1.165) is 11.1 Å². The monoisotopic (exact) mass is 462 g/mol. The lowest BCUT2D eigenvalue weighted by Crippen LogP contribution is -2.18. The summed E-state index contributed by atoms with van der Waals surface area (Å²) in [6.07, 6.45) is 0. The predicted octanol–water partition coefficient (Wildman–Crippen LogP) is 5.08. The van der Waals surface area contributed by atoms with Crippen molar-refractivity contribution in [2.24, 2.45) is 9.63 Å². The Hall–Kier alpha value is -3.98. The minimum Gasteiger partial charge on any atom is -0.493 e. The van der Waals surface area contributed by atoms with Gasteiger partial charge in [-0.1, -0.05) is 52.5 Å². The number of nitrogens with zero attached hydrogens (tertiary/aromatic N) is 3. The van der Waals surface area contributed by atoms with Gasteiger partial charge in [0.1, 0.15) is 6.54 Å². The molecule has 1 heterocycles. The second kappa shape index (κ2) is 8.87. The number of para-hydroxylation sites is 1. The molecule has 0 saturated heterocycles. The minimum atomic E-state index is -4.06. The van der Waals surface area contributed by atoms with Gasteiger partial charge in [-0.2, -0.15) is 8.42 Å². The number of carbonyl (C=O) groups excluding carboxylic acids is 1. The van der Waals surface area contributed by atoms with Crippen LogP contribution in [0.5, 0.6) is 5.88 Å². The lowest BCUT2D eigenvalue weighted by atomic mass is 10.2. The van der Waals surface area contributed by atoms with Crippen LogP contribution in [-0.4, -0.2) is 24.0 Å². The number of aromatic nitrogens is 1. The number of benzene rings is 3. The average Bonchev–Trinajstić information content (AvgIpc) is 3.03. The van der Waals surface area contributed by atoms with Crippen molar-refractivity contribution < 1.29 is 18.3 Å². The molecule has 0 bridgehead atoms. The fraction of sp³-hybridized carbons (Fsp3) is 0.125. The summed E-state index contributed by atoms with van der Waals surface area (Å²) in [5, 5.41) is 17.9. The summed E-state index contributed by atoms with van der Waals surface area (Å²) in [7, 11) is -4.06. The van der Waals surface area contributed by atoms with E-state index in [1.807, 2.05) is 32.0 Å². The van der Waals surface area contributed by atoms with Crippen LogP contribution in [0.2, 0.25) is 0 Å². The molecule has 0 saturated carbocycles. The van der Waals surface area contributed by atoms with Gasteiger partial charge in [-0.3, -0.25) is 4.79 Å². The van der Waals surface area contributed by atoms with Gasteiger partial charge in [0.15, 0.2) is 5.69 Å². The number of nitrogens with one attached hydrogen (secondary N) is 1. The van der Waals surface area contributed by atoms with Crippen molar-refractivity contribution in [2.75, 3.05) is 5.32 Å². The maximum atomic E-state index is 12.6. The smallest absolute Gasteiger partial charge is 0.299 e. The van der Waals surface area contributed by atoms with E-state index in [4.69, 9.17) is 0 Å². The first-order valence-corrected chi connectivity index (χ1v) is 11.6. The van der Waals surface area contributed by atoms with Gasteiger partial charge in [0.2, 0.25) is 11.8 Å². The van der Waals surface area contributed by atoms with Crippen molar-refractivity contribution in [3.63, 3.8) is 0 Å². The summed E-state index contributed by atoms with van der Waals surface area (Å²) < 4.78 is 30.0. The first-order chi connectivity index (χ1) is 15.7. The summed E-state index contributed by atoms with van der Waals surface area (Å²) in [6, 6.07) is 20.5. The first-order valence-electron chi connectivity index (χ1n) is 10.2. The predicted molar refractivity (Wildman–Crippen MR) is 126 cm³/mol. The molecule has 1 aromatic heterocycles. The standard InChI is InChI=1S/C24H22N4O4S/c1-16-10-12-19(13-11-16)33(31,32)27-26-23-20-8-3-4-9-21(20)28(24(23)30)15-22(29)25-18-7-5-6-17(2)14-18/h3-14,30H,15H2,1-2H3,(H,25,29). The van der Waals surface area contributed by atoms with Crippen LogP contribution in [0.4, 0.5) is 11.4 Å². The number of amides is 1. The molecule has 33 heavy (non-hydrogen) atoms. The van der Waals surface area contributed by atoms with Crippen molar-refractivity contribution in [1.82, 2.24) is 4.57 Å². The topological polar surface area (TPSA) is 113 Å². The summed E-state index contributed by atoms with van der Waals surface area (Å²) in [6.45, 7) is 3.57. The highest BCUT2D eigenvalue weighted by molar-refractivity contribution is 7.90. The third kappa shape index (κ3) is 4.78. The van der Waals surface area contributed by atoms with Gasteiger partial charge in [-0.15, -0.1) is 5.11 Å². The van der Waals surface area contributed by atoms with Crippen molar-refractivity contribution in [2.45, 2.75) is 25.3 Å². The molecule has 3 aromatic carbocycles. The first kappa shape index (κ1) is 22.2. The van der Waals surface area contributed by atoms with Gasteiger partial charge in [0.25, 0.3) is 10.0 Å². The van der Waals surface area contributed by atoms with Crippen LogP contribution in [0.3, 0.4) is 0 Å². The van der Waals surface area contributed by atoms with Gasteiger partial charge < -0.3 is 15.0 Å². The van der Waals surface area contributed by atoms with Crippen LogP contribution < -0.4 is 5.32 Å². The normalized spacial score (nSPS) is 11.8. The molecule has 9 heteroatoms. The second-order valence-electron chi connectivity index (χ2n) is 7.66. The van der Waals surface area contributed by atoms with Crippen molar-refractivity contribution in [3.8, 4) is 5.88 Å². The molecule has 0 spiro atoms. The van der Waals surface area contributed by atoms with Crippen LogP contribution in [0, 0.1) is 13.8 Å². The molecular weight excluding hydrogens is 440 g/mol. The molecule has 8 nitrogen and oxygen atoms in total. The van der Waals surface area contributed by atoms with E-state index in [1.54, 1.807) is 42.5 Å². The fourth-order valence-corrected chi connectivity index (χ4v) is 4.21. The van der Waals surface area contributed by atoms with E-state index in [2.05, 4.69) is 15.0 Å². The van der Waals surface area contributed by atoms with Gasteiger partial charge in [0.05, 0.1) is 10.4 Å². The molecule has 0 fully saturated rings. The van der Waals surface area contributed by atoms with Crippen LogP contribution >= 0.6 is 0 Å². The SMILES string of the molecule is Cc1ccc(S(=O)(=O)N=Nc2c(O)n(CC(=O)Nc3cccc(C)c3)c3ccccc23)cc1. The Morgan fingerprint density at radius 1 is 0.970 bits per heavy atom. The highest BCUT2D eigenvalue weighted by Gasteiger charge is 2.20. The van der Waals surface area contributed by atoms with Gasteiger partial charge in [0, 0.05) is 11.1 Å². The van der Waals surface area contributed by atoms with E-state index >= 15 is 0 Å². The fourth-order valence-electron chi connectivity index (χ4n) is 3.45. The molecular formula is C24H22N4O4S. The number of rotatable bonds is 6. The van der Waals surface area contributed by atoms with E-state index < -0.39 is 10.0 Å². The van der Waals surface area contributed by atoms with E-state index in [-0.39, 0.29) is 28.9 Å². The van der Waals surface area contributed by atoms with Crippen LogP contribution in [0.25, 0.3) is 10.9 Å². The Bertz CT molecular complexity index is 1470. The maximum absolute atomic E-state index is 12.6. The Morgan fingerprint density at radius 2 is 1.70 bits per heavy atom. The number of aromatic hydroxyl groups is 1. The van der Waals surface area contributed by atoms with Crippen LogP contribution in [0.1, 0.15) is 11.1 Å². The molecule has 0 aliphatic carbocycles. The maximum Gasteiger partial charge on any atom is 0.299 e. The molecule has 0 radical (unpaired) electrons. The third-order valence-electron chi connectivity index (χ3n) is 5.09. The Morgan fingerprint density at radius 3 is 2.42 bits per heavy atom. The number of sulfonamides is 1. The Labute approximate surface area is 191 Å². The van der Waals surface area contributed by atoms with Crippen molar-refractivity contribution in [1.29, 1.82) is 0 Å². The number of hydrogen-bond acceptors (Lipinski definition) is 5. The summed E-state index contributed by atoms with van der Waals surface area (Å²) in [5.41, 5.74) is 3.05. The largest absolute Gasteiger partial charge is 0.493 e. The molecule has 0 aliphatic rings. The Kier molecular flexibility index (Phi) is 5.97. The average molecular weight is 463 g/mol. The molecule has 2 N–H and O–H groups in total. The lowest BCUT2D eigenvalue weighted by Gasteiger charge is -2.09. The number of hydrogen-bond donors (Lipinski definition) is 2. The molecule has 0 atom stereocenters. The van der Waals surface area contributed by atoms with E-state index in [1.165, 1.54) is 16.7 Å². The zero-order valence-corrected chi connectivity index (χ0v) is 18.9. The molecule has 168 valence electrons. The molecule has 0 aliphatic heterocycles. The highest BCUT2D eigenvalue weighted by Crippen LogP contribution is 2.39. The van der Waals surface area contributed by atoms with Crippen molar-refractivity contribution >= 4 is 38.2 Å². The number of carbonyl (C=O) groups is 1. The summed E-state index contributed by atoms with van der Waals surface area (Å²) >= 11 is 0. The summed E-state index contributed by atoms with van der Waals surface area (Å²) in [4.78, 5) is 12.6. The number of aryl methyl sites for hydroxylation is 2. The zero-order chi connectivity index (χ0) is 23.6. The lowest BCUT2D eigenvalue weighted by molar-refractivity contribution is -0.116. The zero-order valence-electron chi connectivity index (χ0n) is 18.1. The molecule has 4 rings (SSSR count).